The molecule has 3 nitrogen and oxygen atoms in total. The molecule has 0 aliphatic heterocycles. The lowest BCUT2D eigenvalue weighted by Gasteiger charge is -2.21. The molecule has 0 unspecified atom stereocenters. The zero-order chi connectivity index (χ0) is 12.8. The smallest absolute Gasteiger partial charge is 0.251 e. The minimum absolute atomic E-state index is 0.0262. The Labute approximate surface area is 113 Å². The van der Waals surface area contributed by atoms with Crippen molar-refractivity contribution in [2.75, 3.05) is 12.8 Å². The van der Waals surface area contributed by atoms with Gasteiger partial charge in [-0.05, 0) is 37.1 Å². The molecule has 1 saturated carbocycles. The number of carbonyl (C=O) groups is 1. The number of hydrogen-bond acceptors (Lipinski definition) is 3. The molecular weight excluding hydrogens is 244 g/mol. The summed E-state index contributed by atoms with van der Waals surface area (Å²) in [6.45, 7) is 0.815. The van der Waals surface area contributed by atoms with Crippen LogP contribution in [0.4, 0.5) is 0 Å². The molecule has 98 valence electrons. The van der Waals surface area contributed by atoms with Crippen molar-refractivity contribution in [3.05, 3.63) is 23.9 Å². The quantitative estimate of drug-likeness (QED) is 0.850. The second-order valence-electron chi connectivity index (χ2n) is 4.80. The average Bonchev–Trinajstić information content (AvgIpc) is 2.46. The van der Waals surface area contributed by atoms with E-state index in [4.69, 9.17) is 0 Å². The second-order valence-corrected chi connectivity index (χ2v) is 5.63. The maximum absolute atomic E-state index is 12.0. The van der Waals surface area contributed by atoms with Crippen LogP contribution in [0.1, 0.15) is 42.5 Å². The van der Waals surface area contributed by atoms with Gasteiger partial charge in [0.15, 0.2) is 0 Å². The van der Waals surface area contributed by atoms with E-state index in [2.05, 4.69) is 10.3 Å². The molecule has 4 heteroatoms. The van der Waals surface area contributed by atoms with E-state index in [0.717, 1.165) is 11.6 Å². The molecule has 1 aromatic heterocycles. The highest BCUT2D eigenvalue weighted by molar-refractivity contribution is 7.98. The summed E-state index contributed by atoms with van der Waals surface area (Å²) in [6, 6.07) is 3.62. The van der Waals surface area contributed by atoms with Gasteiger partial charge in [-0.25, -0.2) is 4.98 Å². The van der Waals surface area contributed by atoms with Crippen LogP contribution < -0.4 is 5.32 Å². The van der Waals surface area contributed by atoms with Gasteiger partial charge in [0, 0.05) is 18.3 Å². The van der Waals surface area contributed by atoms with Crippen LogP contribution in [0.3, 0.4) is 0 Å². The first-order valence-corrected chi connectivity index (χ1v) is 7.80. The first kappa shape index (κ1) is 13.4. The summed E-state index contributed by atoms with van der Waals surface area (Å²) in [7, 11) is 0. The maximum atomic E-state index is 12.0. The van der Waals surface area contributed by atoms with Crippen molar-refractivity contribution in [1.29, 1.82) is 0 Å². The topological polar surface area (TPSA) is 42.0 Å². The van der Waals surface area contributed by atoms with Crippen molar-refractivity contribution in [2.24, 2.45) is 5.92 Å². The molecule has 0 spiro atoms. The fourth-order valence-electron chi connectivity index (χ4n) is 2.39. The lowest BCUT2D eigenvalue weighted by atomic mass is 9.89. The van der Waals surface area contributed by atoms with Crippen LogP contribution in [0, 0.1) is 5.92 Å². The minimum Gasteiger partial charge on any atom is -0.352 e. The summed E-state index contributed by atoms with van der Waals surface area (Å²) >= 11 is 1.56. The Morgan fingerprint density at radius 1 is 1.44 bits per heavy atom. The summed E-state index contributed by atoms with van der Waals surface area (Å²) in [5.74, 6) is 0.697. The molecule has 1 aliphatic rings. The van der Waals surface area contributed by atoms with Crippen molar-refractivity contribution in [3.8, 4) is 0 Å². The molecule has 1 aromatic rings. The molecule has 0 aromatic carbocycles. The zero-order valence-electron chi connectivity index (χ0n) is 10.8. The van der Waals surface area contributed by atoms with Crippen LogP contribution in [0.2, 0.25) is 0 Å². The molecule has 18 heavy (non-hydrogen) atoms. The first-order valence-electron chi connectivity index (χ1n) is 6.58. The van der Waals surface area contributed by atoms with Gasteiger partial charge in [0.2, 0.25) is 0 Å². The number of hydrogen-bond donors (Lipinski definition) is 1. The van der Waals surface area contributed by atoms with Crippen molar-refractivity contribution in [2.45, 2.75) is 37.1 Å². The van der Waals surface area contributed by atoms with Crippen molar-refractivity contribution >= 4 is 17.7 Å². The number of amides is 1. The Morgan fingerprint density at radius 2 is 2.22 bits per heavy atom. The van der Waals surface area contributed by atoms with E-state index in [-0.39, 0.29) is 5.91 Å². The summed E-state index contributed by atoms with van der Waals surface area (Å²) < 4.78 is 0. The number of thioether (sulfide) groups is 1. The van der Waals surface area contributed by atoms with Gasteiger partial charge in [0.05, 0.1) is 5.03 Å². The minimum atomic E-state index is 0.0262. The molecule has 0 bridgehead atoms. The number of carbonyl (C=O) groups excluding carboxylic acids is 1. The largest absolute Gasteiger partial charge is 0.352 e. The van der Waals surface area contributed by atoms with Crippen LogP contribution in [-0.4, -0.2) is 23.7 Å². The summed E-state index contributed by atoms with van der Waals surface area (Å²) in [5.41, 5.74) is 0.713. The summed E-state index contributed by atoms with van der Waals surface area (Å²) in [6.07, 6.45) is 10.2. The molecule has 2 rings (SSSR count). The Balaban J connectivity index is 1.86. The molecule has 0 radical (unpaired) electrons. The first-order chi connectivity index (χ1) is 8.79. The molecule has 0 saturated heterocycles. The monoisotopic (exact) mass is 264 g/mol. The fraction of sp³-hybridized carbons (Fsp3) is 0.571. The average molecular weight is 264 g/mol. The van der Waals surface area contributed by atoms with E-state index in [1.165, 1.54) is 32.1 Å². The lowest BCUT2D eigenvalue weighted by Crippen LogP contribution is -2.30. The van der Waals surface area contributed by atoms with Gasteiger partial charge in [-0.15, -0.1) is 11.8 Å². The van der Waals surface area contributed by atoms with Crippen LogP contribution in [0.5, 0.6) is 0 Å². The van der Waals surface area contributed by atoms with E-state index in [1.807, 2.05) is 12.3 Å². The molecular formula is C14H20N2OS. The normalized spacial score (nSPS) is 16.5. The van der Waals surface area contributed by atoms with Crippen molar-refractivity contribution < 1.29 is 4.79 Å². The number of nitrogens with one attached hydrogen (secondary N) is 1. The lowest BCUT2D eigenvalue weighted by molar-refractivity contribution is 0.0943. The third kappa shape index (κ3) is 3.73. The van der Waals surface area contributed by atoms with E-state index in [1.54, 1.807) is 24.0 Å². The zero-order valence-corrected chi connectivity index (χ0v) is 11.6. The van der Waals surface area contributed by atoms with Gasteiger partial charge >= 0.3 is 0 Å². The fourth-order valence-corrected chi connectivity index (χ4v) is 2.80. The Bertz CT molecular complexity index is 403. The van der Waals surface area contributed by atoms with Gasteiger partial charge in [0.1, 0.15) is 0 Å². The van der Waals surface area contributed by atoms with E-state index in [9.17, 15) is 4.79 Å². The molecule has 1 amide bonds. The second kappa shape index (κ2) is 6.78. The van der Waals surface area contributed by atoms with E-state index < -0.39 is 0 Å². The summed E-state index contributed by atoms with van der Waals surface area (Å²) in [4.78, 5) is 16.2. The van der Waals surface area contributed by atoms with Crippen molar-refractivity contribution in [3.63, 3.8) is 0 Å². The maximum Gasteiger partial charge on any atom is 0.251 e. The van der Waals surface area contributed by atoms with E-state index >= 15 is 0 Å². The molecule has 0 atom stereocenters. The molecule has 1 N–H and O–H groups in total. The van der Waals surface area contributed by atoms with Crippen LogP contribution >= 0.6 is 11.8 Å². The standard InChI is InChI=1S/C14H20N2OS/c1-18-13-9-12(7-8-15-13)14(17)16-10-11-5-3-2-4-6-11/h7-9,11H,2-6,10H2,1H3,(H,16,17). The SMILES string of the molecule is CSc1cc(C(=O)NCC2CCCCC2)ccn1. The van der Waals surface area contributed by atoms with Crippen LogP contribution in [0.15, 0.2) is 23.4 Å². The highest BCUT2D eigenvalue weighted by Crippen LogP contribution is 2.22. The highest BCUT2D eigenvalue weighted by Gasteiger charge is 2.15. The predicted molar refractivity (Wildman–Crippen MR) is 74.9 cm³/mol. The molecule has 1 heterocycles. The third-order valence-corrected chi connectivity index (χ3v) is 4.12. The Morgan fingerprint density at radius 3 is 2.94 bits per heavy atom. The van der Waals surface area contributed by atoms with Gasteiger partial charge in [-0.2, -0.15) is 0 Å². The Hall–Kier alpha value is -1.03. The van der Waals surface area contributed by atoms with Gasteiger partial charge < -0.3 is 5.32 Å². The number of aromatic nitrogens is 1. The summed E-state index contributed by atoms with van der Waals surface area (Å²) in [5, 5.41) is 3.93. The van der Waals surface area contributed by atoms with E-state index in [0.29, 0.717) is 11.5 Å². The van der Waals surface area contributed by atoms with Gasteiger partial charge in [0.25, 0.3) is 5.91 Å². The number of rotatable bonds is 4. The third-order valence-electron chi connectivity index (χ3n) is 3.48. The highest BCUT2D eigenvalue weighted by atomic mass is 32.2. The predicted octanol–water partition coefficient (Wildman–Crippen LogP) is 3.11. The van der Waals surface area contributed by atoms with Gasteiger partial charge in [-0.1, -0.05) is 19.3 Å². The number of pyridine rings is 1. The number of nitrogens with zero attached hydrogens (tertiary/aromatic N) is 1. The molecule has 1 aliphatic carbocycles. The van der Waals surface area contributed by atoms with Crippen LogP contribution in [0.25, 0.3) is 0 Å². The van der Waals surface area contributed by atoms with Crippen LogP contribution in [-0.2, 0) is 0 Å². The molecule has 1 fully saturated rings. The van der Waals surface area contributed by atoms with Gasteiger partial charge in [-0.3, -0.25) is 4.79 Å². The Kier molecular flexibility index (Phi) is 5.05. The van der Waals surface area contributed by atoms with Crippen molar-refractivity contribution in [1.82, 2.24) is 10.3 Å².